The van der Waals surface area contributed by atoms with E-state index in [4.69, 9.17) is 27.9 Å². The van der Waals surface area contributed by atoms with Gasteiger partial charge in [0.15, 0.2) is 5.75 Å². The molecule has 3 aliphatic rings. The van der Waals surface area contributed by atoms with Crippen LogP contribution in [0.1, 0.15) is 12.8 Å². The maximum absolute atomic E-state index is 6.13. The second kappa shape index (κ2) is 4.68. The van der Waals surface area contributed by atoms with Crippen LogP contribution in [0.15, 0.2) is 18.2 Å². The Hall–Kier alpha value is -0.440. The maximum Gasteiger partial charge on any atom is 0.156 e. The SMILES string of the molecule is Clc1cccc(Cl)c1OC1CN2CCC1CC2. The summed E-state index contributed by atoms with van der Waals surface area (Å²) in [5, 5.41) is 1.21. The molecule has 0 aliphatic carbocycles. The van der Waals surface area contributed by atoms with Crippen molar-refractivity contribution in [1.82, 2.24) is 4.90 Å². The highest BCUT2D eigenvalue weighted by atomic mass is 35.5. The van der Waals surface area contributed by atoms with Crippen molar-refractivity contribution >= 4 is 23.2 Å². The van der Waals surface area contributed by atoms with Crippen LogP contribution in [0.3, 0.4) is 0 Å². The first-order valence-electron chi connectivity index (χ1n) is 6.07. The maximum atomic E-state index is 6.13. The van der Waals surface area contributed by atoms with Gasteiger partial charge >= 0.3 is 0 Å². The zero-order chi connectivity index (χ0) is 11.8. The highest BCUT2D eigenvalue weighted by Crippen LogP contribution is 2.37. The summed E-state index contributed by atoms with van der Waals surface area (Å²) < 4.78 is 6.05. The smallest absolute Gasteiger partial charge is 0.156 e. The van der Waals surface area contributed by atoms with Crippen LogP contribution < -0.4 is 4.74 Å². The molecule has 4 heteroatoms. The average molecular weight is 272 g/mol. The molecular formula is C13H15Cl2NO. The lowest BCUT2D eigenvalue weighted by molar-refractivity contribution is -0.00766. The summed E-state index contributed by atoms with van der Waals surface area (Å²) in [6.07, 6.45) is 2.70. The second-order valence-corrected chi connectivity index (χ2v) is 5.66. The minimum Gasteiger partial charge on any atom is -0.486 e. The number of hydrogen-bond donors (Lipinski definition) is 0. The van der Waals surface area contributed by atoms with Crippen molar-refractivity contribution in [2.75, 3.05) is 19.6 Å². The van der Waals surface area contributed by atoms with Crippen molar-refractivity contribution in [2.45, 2.75) is 18.9 Å². The monoisotopic (exact) mass is 271 g/mol. The van der Waals surface area contributed by atoms with E-state index in [2.05, 4.69) is 4.90 Å². The van der Waals surface area contributed by atoms with E-state index in [1.54, 1.807) is 0 Å². The van der Waals surface area contributed by atoms with Crippen LogP contribution in [0, 0.1) is 5.92 Å². The third kappa shape index (κ3) is 2.26. The molecule has 0 saturated carbocycles. The Morgan fingerprint density at radius 2 is 1.76 bits per heavy atom. The number of ether oxygens (including phenoxy) is 1. The quantitative estimate of drug-likeness (QED) is 0.817. The summed E-state index contributed by atoms with van der Waals surface area (Å²) in [6.45, 7) is 3.42. The lowest BCUT2D eigenvalue weighted by atomic mass is 9.86. The van der Waals surface area contributed by atoms with E-state index in [1.165, 1.54) is 25.9 Å². The zero-order valence-corrected chi connectivity index (χ0v) is 11.0. The summed E-state index contributed by atoms with van der Waals surface area (Å²) in [7, 11) is 0. The first-order valence-corrected chi connectivity index (χ1v) is 6.82. The Bertz CT molecular complexity index is 396. The van der Waals surface area contributed by atoms with Crippen LogP contribution in [-0.2, 0) is 0 Å². The molecule has 0 N–H and O–H groups in total. The van der Waals surface area contributed by atoms with E-state index >= 15 is 0 Å². The number of nitrogens with zero attached hydrogens (tertiary/aromatic N) is 1. The molecule has 1 aromatic carbocycles. The molecule has 17 heavy (non-hydrogen) atoms. The van der Waals surface area contributed by atoms with Gasteiger partial charge in [-0.2, -0.15) is 0 Å². The van der Waals surface area contributed by atoms with Gasteiger partial charge in [-0.25, -0.2) is 0 Å². The highest BCUT2D eigenvalue weighted by molar-refractivity contribution is 6.37. The second-order valence-electron chi connectivity index (χ2n) is 4.85. The van der Waals surface area contributed by atoms with Crippen LogP contribution in [0.25, 0.3) is 0 Å². The molecule has 2 nitrogen and oxygen atoms in total. The molecule has 3 heterocycles. The van der Waals surface area contributed by atoms with Crippen molar-refractivity contribution in [3.05, 3.63) is 28.2 Å². The Balaban J connectivity index is 1.79. The van der Waals surface area contributed by atoms with Gasteiger partial charge in [0.05, 0.1) is 10.0 Å². The summed E-state index contributed by atoms with van der Waals surface area (Å²) in [5.74, 6) is 1.31. The molecule has 3 aliphatic heterocycles. The van der Waals surface area contributed by atoms with Gasteiger partial charge in [0.2, 0.25) is 0 Å². The normalized spacial score (nSPS) is 31.5. The van der Waals surface area contributed by atoms with Crippen LogP contribution >= 0.6 is 23.2 Å². The van der Waals surface area contributed by atoms with E-state index in [9.17, 15) is 0 Å². The summed E-state index contributed by atoms with van der Waals surface area (Å²) in [6, 6.07) is 5.49. The van der Waals surface area contributed by atoms with Crippen molar-refractivity contribution in [2.24, 2.45) is 5.92 Å². The van der Waals surface area contributed by atoms with Gasteiger partial charge < -0.3 is 4.74 Å². The molecule has 1 atom stereocenters. The molecule has 4 rings (SSSR count). The minimum atomic E-state index is 0.245. The number of hydrogen-bond acceptors (Lipinski definition) is 2. The number of benzene rings is 1. The van der Waals surface area contributed by atoms with E-state index in [-0.39, 0.29) is 6.10 Å². The predicted octanol–water partition coefficient (Wildman–Crippen LogP) is 3.47. The van der Waals surface area contributed by atoms with Gasteiger partial charge in [-0.05, 0) is 44.0 Å². The molecule has 0 aromatic heterocycles. The number of fused-ring (bicyclic) bond motifs is 3. The van der Waals surface area contributed by atoms with Crippen LogP contribution in [-0.4, -0.2) is 30.6 Å². The zero-order valence-electron chi connectivity index (χ0n) is 9.53. The standard InChI is InChI=1S/C13H15Cl2NO/c14-10-2-1-3-11(15)13(10)17-12-8-16-6-4-9(12)5-7-16/h1-3,9,12H,4-8H2. The largest absolute Gasteiger partial charge is 0.486 e. The summed E-state index contributed by atoms with van der Waals surface area (Å²) in [4.78, 5) is 2.45. The van der Waals surface area contributed by atoms with E-state index < -0.39 is 0 Å². The van der Waals surface area contributed by atoms with Gasteiger partial charge in [-0.1, -0.05) is 29.3 Å². The number of halogens is 2. The number of piperidine rings is 3. The van der Waals surface area contributed by atoms with E-state index in [0.717, 1.165) is 6.54 Å². The third-order valence-corrected chi connectivity index (χ3v) is 4.38. The Morgan fingerprint density at radius 3 is 2.29 bits per heavy atom. The molecule has 3 saturated heterocycles. The molecular weight excluding hydrogens is 257 g/mol. The van der Waals surface area contributed by atoms with E-state index in [1.807, 2.05) is 18.2 Å². The van der Waals surface area contributed by atoms with Crippen molar-refractivity contribution in [3.63, 3.8) is 0 Å². The molecule has 2 bridgehead atoms. The van der Waals surface area contributed by atoms with Crippen molar-refractivity contribution in [3.8, 4) is 5.75 Å². The Kier molecular flexibility index (Phi) is 3.20. The van der Waals surface area contributed by atoms with Gasteiger partial charge in [-0.3, -0.25) is 4.90 Å². The summed E-state index contributed by atoms with van der Waals surface area (Å²) in [5.41, 5.74) is 0. The van der Waals surface area contributed by atoms with Crippen LogP contribution in [0.4, 0.5) is 0 Å². The van der Waals surface area contributed by atoms with Crippen molar-refractivity contribution < 1.29 is 4.74 Å². The molecule has 92 valence electrons. The third-order valence-electron chi connectivity index (χ3n) is 3.78. The molecule has 1 unspecified atom stereocenters. The Labute approximate surface area is 111 Å². The number of para-hydroxylation sites is 1. The molecule has 0 amide bonds. The van der Waals surface area contributed by atoms with Crippen molar-refractivity contribution in [1.29, 1.82) is 0 Å². The molecule has 1 aromatic rings. The highest BCUT2D eigenvalue weighted by Gasteiger charge is 2.36. The summed E-state index contributed by atoms with van der Waals surface area (Å²) >= 11 is 12.3. The fourth-order valence-corrected chi connectivity index (χ4v) is 3.28. The fourth-order valence-electron chi connectivity index (χ4n) is 2.79. The van der Waals surface area contributed by atoms with E-state index in [0.29, 0.717) is 21.7 Å². The first-order chi connectivity index (χ1) is 8.24. The molecule has 0 spiro atoms. The topological polar surface area (TPSA) is 12.5 Å². The fraction of sp³-hybridized carbons (Fsp3) is 0.538. The number of rotatable bonds is 2. The van der Waals surface area contributed by atoms with Gasteiger partial charge in [0, 0.05) is 6.54 Å². The predicted molar refractivity (Wildman–Crippen MR) is 70.0 cm³/mol. The average Bonchev–Trinajstić information content (AvgIpc) is 2.36. The van der Waals surface area contributed by atoms with Gasteiger partial charge in [0.1, 0.15) is 6.10 Å². The lowest BCUT2D eigenvalue weighted by Crippen LogP contribution is -2.52. The van der Waals surface area contributed by atoms with Crippen LogP contribution in [0.2, 0.25) is 10.0 Å². The van der Waals surface area contributed by atoms with Gasteiger partial charge in [0.25, 0.3) is 0 Å². The van der Waals surface area contributed by atoms with Crippen LogP contribution in [0.5, 0.6) is 5.75 Å². The lowest BCUT2D eigenvalue weighted by Gasteiger charge is -2.44. The Morgan fingerprint density at radius 1 is 1.12 bits per heavy atom. The molecule has 0 radical (unpaired) electrons. The van der Waals surface area contributed by atoms with Gasteiger partial charge in [-0.15, -0.1) is 0 Å². The minimum absolute atomic E-state index is 0.245. The first kappa shape index (κ1) is 11.6. The molecule has 3 fully saturated rings.